The van der Waals surface area contributed by atoms with Crippen LogP contribution in [0.2, 0.25) is 0 Å². The van der Waals surface area contributed by atoms with Crippen molar-refractivity contribution >= 4 is 38.9 Å². The highest BCUT2D eigenvalue weighted by Gasteiger charge is 2.40. The second-order valence-electron chi connectivity index (χ2n) is 18.4. The Hall–Kier alpha value is -6.13. The number of para-hydroxylation sites is 1. The van der Waals surface area contributed by atoms with Crippen LogP contribution in [0.5, 0.6) is 0 Å². The summed E-state index contributed by atoms with van der Waals surface area (Å²) in [5.41, 5.74) is 15.3. The fourth-order valence-corrected chi connectivity index (χ4v) is 9.14. The second-order valence-corrected chi connectivity index (χ2v) is 18.4. The highest BCUT2D eigenvalue weighted by molar-refractivity contribution is 6.09. The van der Waals surface area contributed by atoms with Crippen LogP contribution in [0.1, 0.15) is 86.1 Å². The number of rotatable bonds is 6. The van der Waals surface area contributed by atoms with Gasteiger partial charge >= 0.3 is 0 Å². The Bertz CT molecular complexity index is 2780. The number of hydrogen-bond donors (Lipinski definition) is 0. The van der Waals surface area contributed by atoms with E-state index in [0.717, 1.165) is 23.5 Å². The third-order valence-electron chi connectivity index (χ3n) is 12.5. The van der Waals surface area contributed by atoms with E-state index in [1.165, 1.54) is 72.3 Å². The molecule has 0 amide bonds. The largest absolute Gasteiger partial charge is 0.355 e. The van der Waals surface area contributed by atoms with Crippen LogP contribution in [0.3, 0.4) is 0 Å². The van der Waals surface area contributed by atoms with Gasteiger partial charge in [0.2, 0.25) is 0 Å². The van der Waals surface area contributed by atoms with Crippen molar-refractivity contribution in [2.24, 2.45) is 0 Å². The molecule has 0 saturated heterocycles. The maximum atomic E-state index is 5.05. The molecule has 0 spiro atoms. The molecule has 0 unspecified atom stereocenters. The molecule has 1 aliphatic rings. The molecular weight excluding hydrogens is 705 g/mol. The number of pyridine rings is 1. The topological polar surface area (TPSA) is 24.3 Å². The van der Waals surface area contributed by atoms with Gasteiger partial charge in [0.05, 0.1) is 34.5 Å². The molecule has 9 rings (SSSR count). The summed E-state index contributed by atoms with van der Waals surface area (Å²) < 4.78 is 2.38. The number of aryl methyl sites for hydroxylation is 2. The molecule has 0 fully saturated rings. The average molecular weight is 759 g/mol. The summed E-state index contributed by atoms with van der Waals surface area (Å²) in [6.07, 6.45) is 1.97. The Morgan fingerprint density at radius 2 is 1.07 bits per heavy atom. The minimum absolute atomic E-state index is 0.0185. The van der Waals surface area contributed by atoms with Crippen molar-refractivity contribution in [2.45, 2.75) is 71.6 Å². The summed E-state index contributed by atoms with van der Waals surface area (Å²) in [7, 11) is 2.21. The zero-order valence-electron chi connectivity index (χ0n) is 35.4. The number of anilines is 3. The molecule has 58 heavy (non-hydrogen) atoms. The second kappa shape index (κ2) is 13.8. The molecule has 3 heterocycles. The maximum Gasteiger partial charge on any atom is 0.137 e. The van der Waals surface area contributed by atoms with Crippen molar-refractivity contribution in [1.29, 1.82) is 0 Å². The summed E-state index contributed by atoms with van der Waals surface area (Å²) in [5, 5.41) is 2.43. The van der Waals surface area contributed by atoms with Crippen molar-refractivity contribution in [2.75, 3.05) is 23.5 Å². The monoisotopic (exact) mass is 758 g/mol. The zero-order chi connectivity index (χ0) is 40.6. The molecule has 4 nitrogen and oxygen atoms in total. The lowest BCUT2D eigenvalue weighted by Crippen LogP contribution is -2.32. The molecule has 1 aliphatic heterocycles. The van der Waals surface area contributed by atoms with Crippen LogP contribution < -0.4 is 9.80 Å². The molecule has 0 aliphatic carbocycles. The lowest BCUT2D eigenvalue weighted by Gasteiger charge is -2.38. The van der Waals surface area contributed by atoms with Crippen LogP contribution in [0.4, 0.5) is 17.1 Å². The summed E-state index contributed by atoms with van der Waals surface area (Å²) in [6, 6.07) is 54.8. The predicted octanol–water partition coefficient (Wildman–Crippen LogP) is 13.3. The van der Waals surface area contributed by atoms with Crippen molar-refractivity contribution in [3.63, 3.8) is 0 Å². The number of fused-ring (bicyclic) bond motifs is 4. The third kappa shape index (κ3) is 6.09. The van der Waals surface area contributed by atoms with Gasteiger partial charge in [-0.1, -0.05) is 139 Å². The Balaban J connectivity index is 1.39. The van der Waals surface area contributed by atoms with Gasteiger partial charge in [-0.25, -0.2) is 4.98 Å². The minimum Gasteiger partial charge on any atom is -0.355 e. The number of aromatic nitrogens is 2. The fourth-order valence-electron chi connectivity index (χ4n) is 9.14. The van der Waals surface area contributed by atoms with Crippen LogP contribution in [0.25, 0.3) is 27.6 Å². The third-order valence-corrected chi connectivity index (χ3v) is 12.5. The molecule has 0 N–H and O–H groups in total. The molecule has 8 aromatic rings. The van der Waals surface area contributed by atoms with Crippen LogP contribution >= 0.6 is 0 Å². The van der Waals surface area contributed by atoms with E-state index >= 15 is 0 Å². The summed E-state index contributed by atoms with van der Waals surface area (Å²) in [5.74, 6) is 0.931. The molecule has 0 radical (unpaired) electrons. The highest BCUT2D eigenvalue weighted by atomic mass is 15.4. The van der Waals surface area contributed by atoms with Crippen molar-refractivity contribution < 1.29 is 0 Å². The zero-order valence-corrected chi connectivity index (χ0v) is 35.4. The van der Waals surface area contributed by atoms with E-state index in [9.17, 15) is 0 Å². The lowest BCUT2D eigenvalue weighted by atomic mass is 9.64. The molecule has 0 saturated carbocycles. The van der Waals surface area contributed by atoms with Crippen LogP contribution in [0.15, 0.2) is 152 Å². The van der Waals surface area contributed by atoms with Gasteiger partial charge in [-0.05, 0) is 118 Å². The van der Waals surface area contributed by atoms with Gasteiger partial charge in [0.25, 0.3) is 0 Å². The minimum atomic E-state index is -0.674. The first-order valence-electron chi connectivity index (χ1n) is 20.6. The predicted molar refractivity (Wildman–Crippen MR) is 246 cm³/mol. The van der Waals surface area contributed by atoms with Crippen molar-refractivity contribution in [3.8, 4) is 5.82 Å². The Morgan fingerprint density at radius 3 is 1.72 bits per heavy atom. The van der Waals surface area contributed by atoms with E-state index in [0.29, 0.717) is 0 Å². The quantitative estimate of drug-likeness (QED) is 0.158. The van der Waals surface area contributed by atoms with E-state index < -0.39 is 5.41 Å². The van der Waals surface area contributed by atoms with Gasteiger partial charge in [0.15, 0.2) is 0 Å². The van der Waals surface area contributed by atoms with Crippen LogP contribution in [-0.2, 0) is 16.2 Å². The highest BCUT2D eigenvalue weighted by Crippen LogP contribution is 2.50. The molecule has 0 bridgehead atoms. The smallest absolute Gasteiger partial charge is 0.137 e. The summed E-state index contributed by atoms with van der Waals surface area (Å²) >= 11 is 0. The van der Waals surface area contributed by atoms with E-state index in [-0.39, 0.29) is 10.8 Å². The lowest BCUT2D eigenvalue weighted by molar-refractivity contribution is 0.587. The van der Waals surface area contributed by atoms with E-state index in [2.05, 4.69) is 222 Å². The maximum absolute atomic E-state index is 5.05. The Morgan fingerprint density at radius 1 is 0.483 bits per heavy atom. The standard InChI is InChI=1S/C54H54N4/c1-36-28-49-50(29-37(36)2)57(35-56(49)9)44-31-42(53(6,7)8)30-43(32-44)54(38-18-12-10-13-19-38,39-20-14-11-15-21-39)41-24-25-46-45-22-16-17-23-47(45)58(48(46)33-41)51-34-40(26-27-55-51)52(3,4)5/h10-34H,35H2,1-9H3. The first-order valence-corrected chi connectivity index (χ1v) is 20.6. The summed E-state index contributed by atoms with van der Waals surface area (Å²) in [6.45, 7) is 19.0. The van der Waals surface area contributed by atoms with Gasteiger partial charge in [0.1, 0.15) is 5.82 Å². The molecule has 290 valence electrons. The Kier molecular flexibility index (Phi) is 8.89. The first-order chi connectivity index (χ1) is 27.7. The van der Waals surface area contributed by atoms with Gasteiger partial charge in [0, 0.05) is 29.7 Å². The summed E-state index contributed by atoms with van der Waals surface area (Å²) in [4.78, 5) is 9.93. The molecule has 6 aromatic carbocycles. The van der Waals surface area contributed by atoms with Gasteiger partial charge in [-0.2, -0.15) is 0 Å². The molecule has 0 atom stereocenters. The normalized spacial score (nSPS) is 13.5. The fraction of sp³-hybridized carbons (Fsp3) is 0.241. The van der Waals surface area contributed by atoms with E-state index in [4.69, 9.17) is 4.98 Å². The Labute approximate surface area is 344 Å². The molecule has 4 heteroatoms. The van der Waals surface area contributed by atoms with Crippen LogP contribution in [0, 0.1) is 13.8 Å². The number of benzene rings is 6. The van der Waals surface area contributed by atoms with Gasteiger partial charge in [-0.3, -0.25) is 4.57 Å². The van der Waals surface area contributed by atoms with Gasteiger partial charge < -0.3 is 9.80 Å². The van der Waals surface area contributed by atoms with E-state index in [1.54, 1.807) is 0 Å². The van der Waals surface area contributed by atoms with Crippen molar-refractivity contribution in [1.82, 2.24) is 9.55 Å². The van der Waals surface area contributed by atoms with Crippen LogP contribution in [-0.4, -0.2) is 23.3 Å². The first kappa shape index (κ1) is 37.4. The van der Waals surface area contributed by atoms with E-state index in [1.807, 2.05) is 6.20 Å². The van der Waals surface area contributed by atoms with Gasteiger partial charge in [-0.15, -0.1) is 0 Å². The molecule has 2 aromatic heterocycles. The SMILES string of the molecule is Cc1cc2c(cc1C)N(c1cc(C(C)(C)C)cc(C(c3ccccc3)(c3ccccc3)c3ccc4c5ccccc5n(-c5cc(C(C)(C)C)ccn5)c4c3)c1)CN2C. The number of nitrogens with zero attached hydrogens (tertiary/aromatic N) is 4. The number of hydrogen-bond acceptors (Lipinski definition) is 3. The molecular formula is C54H54N4. The van der Waals surface area contributed by atoms with Crippen molar-refractivity contribution in [3.05, 3.63) is 196 Å². The average Bonchev–Trinajstić information content (AvgIpc) is 3.72.